The highest BCUT2D eigenvalue weighted by Gasteiger charge is 2.13. The lowest BCUT2D eigenvalue weighted by Crippen LogP contribution is -2.27. The Morgan fingerprint density at radius 2 is 0.978 bits per heavy atom. The van der Waals surface area contributed by atoms with Crippen molar-refractivity contribution in [3.05, 3.63) is 72.9 Å². The fourth-order valence-electron chi connectivity index (χ4n) is 4.94. The molecule has 0 aliphatic heterocycles. The monoisotopic (exact) mass is 641 g/mol. The molecule has 264 valence electrons. The average molecular weight is 641 g/mol. The maximum Gasteiger partial charge on any atom is 0.306 e. The van der Waals surface area contributed by atoms with Gasteiger partial charge in [-0.05, 0) is 77.0 Å². The predicted molar refractivity (Wildman–Crippen MR) is 200 cm³/mol. The SMILES string of the molecule is CC/C=C\C/C=C\C/C=C\C/C=C\C/C=C\CCCC(=O)OC(CO)COCCCCCCCC/C=C\CCCCCCCCC. The van der Waals surface area contributed by atoms with E-state index in [-0.39, 0.29) is 19.2 Å². The molecule has 0 amide bonds. The molecule has 0 bridgehead atoms. The van der Waals surface area contributed by atoms with Crippen LogP contribution in [0.1, 0.15) is 162 Å². The highest BCUT2D eigenvalue weighted by molar-refractivity contribution is 5.69. The lowest BCUT2D eigenvalue weighted by Gasteiger charge is -2.15. The van der Waals surface area contributed by atoms with Crippen LogP contribution in [0.4, 0.5) is 0 Å². The number of carbonyl (C=O) groups excluding carboxylic acids is 1. The number of hydrogen-bond donors (Lipinski definition) is 1. The summed E-state index contributed by atoms with van der Waals surface area (Å²) in [5.74, 6) is -0.261. The molecule has 1 N–H and O–H groups in total. The van der Waals surface area contributed by atoms with Gasteiger partial charge in [0.1, 0.15) is 6.10 Å². The molecule has 0 saturated heterocycles. The second kappa shape index (κ2) is 39.0. The zero-order chi connectivity index (χ0) is 33.4. The minimum absolute atomic E-state index is 0.200. The number of rotatable bonds is 34. The summed E-state index contributed by atoms with van der Waals surface area (Å²) in [6, 6.07) is 0. The van der Waals surface area contributed by atoms with Gasteiger partial charge in [0.25, 0.3) is 0 Å². The Labute approximate surface area is 285 Å². The van der Waals surface area contributed by atoms with Gasteiger partial charge in [-0.15, -0.1) is 0 Å². The third-order valence-electron chi connectivity index (χ3n) is 7.77. The molecule has 4 heteroatoms. The van der Waals surface area contributed by atoms with Gasteiger partial charge in [0.2, 0.25) is 0 Å². The predicted octanol–water partition coefficient (Wildman–Crippen LogP) is 12.3. The van der Waals surface area contributed by atoms with Crippen molar-refractivity contribution in [1.29, 1.82) is 0 Å². The second-order valence-corrected chi connectivity index (χ2v) is 12.3. The highest BCUT2D eigenvalue weighted by atomic mass is 16.6. The Hall–Kier alpha value is -2.17. The first-order valence-corrected chi connectivity index (χ1v) is 19.0. The van der Waals surface area contributed by atoms with Crippen LogP contribution in [-0.4, -0.2) is 37.0 Å². The first kappa shape index (κ1) is 43.8. The Bertz CT molecular complexity index is 804. The van der Waals surface area contributed by atoms with E-state index in [1.54, 1.807) is 0 Å². The summed E-state index contributed by atoms with van der Waals surface area (Å²) in [4.78, 5) is 12.1. The van der Waals surface area contributed by atoms with Crippen molar-refractivity contribution in [2.24, 2.45) is 0 Å². The quantitative estimate of drug-likeness (QED) is 0.0432. The van der Waals surface area contributed by atoms with Crippen LogP contribution >= 0.6 is 0 Å². The van der Waals surface area contributed by atoms with Gasteiger partial charge in [-0.1, -0.05) is 151 Å². The molecule has 46 heavy (non-hydrogen) atoms. The average Bonchev–Trinajstić information content (AvgIpc) is 3.06. The normalized spacial score (nSPS) is 13.2. The molecule has 0 spiro atoms. The number of hydrogen-bond acceptors (Lipinski definition) is 4. The topological polar surface area (TPSA) is 55.8 Å². The fraction of sp³-hybridized carbons (Fsp3) is 0.690. The minimum atomic E-state index is -0.569. The minimum Gasteiger partial charge on any atom is -0.457 e. The number of esters is 1. The molecule has 0 aromatic rings. The van der Waals surface area contributed by atoms with E-state index in [0.29, 0.717) is 13.0 Å². The van der Waals surface area contributed by atoms with Gasteiger partial charge in [-0.25, -0.2) is 0 Å². The summed E-state index contributed by atoms with van der Waals surface area (Å²) < 4.78 is 11.1. The van der Waals surface area contributed by atoms with Gasteiger partial charge in [0, 0.05) is 13.0 Å². The Morgan fingerprint density at radius 3 is 1.50 bits per heavy atom. The Balaban J connectivity index is 3.58. The molecule has 0 heterocycles. The van der Waals surface area contributed by atoms with Gasteiger partial charge < -0.3 is 14.6 Å². The zero-order valence-electron chi connectivity index (χ0n) is 30.1. The van der Waals surface area contributed by atoms with Gasteiger partial charge in [-0.3, -0.25) is 4.79 Å². The van der Waals surface area contributed by atoms with Crippen LogP contribution in [0.3, 0.4) is 0 Å². The number of ether oxygens (including phenoxy) is 2. The molecule has 0 radical (unpaired) electrons. The number of aliphatic hydroxyl groups is 1. The van der Waals surface area contributed by atoms with Crippen LogP contribution < -0.4 is 0 Å². The van der Waals surface area contributed by atoms with Gasteiger partial charge in [-0.2, -0.15) is 0 Å². The lowest BCUT2D eigenvalue weighted by atomic mass is 10.1. The molecule has 4 nitrogen and oxygen atoms in total. The van der Waals surface area contributed by atoms with Gasteiger partial charge in [0.15, 0.2) is 0 Å². The lowest BCUT2D eigenvalue weighted by molar-refractivity contribution is -0.154. The molecule has 0 aromatic heterocycles. The summed E-state index contributed by atoms with van der Waals surface area (Å²) >= 11 is 0. The van der Waals surface area contributed by atoms with Crippen LogP contribution in [0, 0.1) is 0 Å². The van der Waals surface area contributed by atoms with E-state index in [0.717, 1.165) is 57.8 Å². The van der Waals surface area contributed by atoms with Crippen molar-refractivity contribution in [2.75, 3.05) is 19.8 Å². The van der Waals surface area contributed by atoms with E-state index >= 15 is 0 Å². The highest BCUT2D eigenvalue weighted by Crippen LogP contribution is 2.11. The number of carbonyl (C=O) groups is 1. The summed E-state index contributed by atoms with van der Waals surface area (Å²) in [6.07, 6.45) is 52.4. The molecule has 0 rings (SSSR count). The van der Waals surface area contributed by atoms with E-state index in [1.165, 1.54) is 83.5 Å². The first-order valence-electron chi connectivity index (χ1n) is 19.0. The third kappa shape index (κ3) is 36.3. The van der Waals surface area contributed by atoms with Crippen molar-refractivity contribution in [3.63, 3.8) is 0 Å². The first-order chi connectivity index (χ1) is 22.7. The van der Waals surface area contributed by atoms with Gasteiger partial charge in [0.05, 0.1) is 13.2 Å². The van der Waals surface area contributed by atoms with Crippen molar-refractivity contribution in [1.82, 2.24) is 0 Å². The molecule has 0 saturated carbocycles. The largest absolute Gasteiger partial charge is 0.457 e. The molecule has 0 aliphatic carbocycles. The van der Waals surface area contributed by atoms with E-state index < -0.39 is 6.10 Å². The molecule has 0 aliphatic rings. The van der Waals surface area contributed by atoms with Crippen LogP contribution in [0.25, 0.3) is 0 Å². The second-order valence-electron chi connectivity index (χ2n) is 12.3. The Morgan fingerprint density at radius 1 is 0.543 bits per heavy atom. The molecule has 1 atom stereocenters. The van der Waals surface area contributed by atoms with E-state index in [1.807, 2.05) is 0 Å². The van der Waals surface area contributed by atoms with Crippen molar-refractivity contribution < 1.29 is 19.4 Å². The number of aliphatic hydroxyl groups excluding tert-OH is 1. The van der Waals surface area contributed by atoms with E-state index in [9.17, 15) is 9.90 Å². The van der Waals surface area contributed by atoms with Crippen LogP contribution in [0.15, 0.2) is 72.9 Å². The molecule has 0 aromatic carbocycles. The van der Waals surface area contributed by atoms with Crippen LogP contribution in [-0.2, 0) is 14.3 Å². The van der Waals surface area contributed by atoms with Crippen molar-refractivity contribution >= 4 is 5.97 Å². The maximum absolute atomic E-state index is 12.1. The van der Waals surface area contributed by atoms with E-state index in [4.69, 9.17) is 9.47 Å². The summed E-state index contributed by atoms with van der Waals surface area (Å²) in [6.45, 7) is 5.14. The fourth-order valence-corrected chi connectivity index (χ4v) is 4.94. The molecular weight excluding hydrogens is 568 g/mol. The number of unbranched alkanes of at least 4 members (excludes halogenated alkanes) is 14. The van der Waals surface area contributed by atoms with Crippen LogP contribution in [0.2, 0.25) is 0 Å². The van der Waals surface area contributed by atoms with Crippen LogP contribution in [0.5, 0.6) is 0 Å². The van der Waals surface area contributed by atoms with Gasteiger partial charge >= 0.3 is 5.97 Å². The summed E-state index contributed by atoms with van der Waals surface area (Å²) in [7, 11) is 0. The standard InChI is InChI=1S/C42H72O4/c1-3-5-7-9-11-13-15-17-19-21-23-25-27-29-31-33-35-37-42(44)46-41(39-43)40-45-38-36-34-32-30-28-26-24-22-20-18-16-14-12-10-8-6-4-2/h5,7,11,13,17,19-20,22-23,25,29,31,41,43H,3-4,6,8-10,12,14-16,18,21,24,26-28,30,32-40H2,1-2H3/b7-5-,13-11-,19-17-,22-20-,25-23-,31-29-. The molecule has 0 fully saturated rings. The zero-order valence-corrected chi connectivity index (χ0v) is 30.1. The Kier molecular flexibility index (Phi) is 37.2. The summed E-state index contributed by atoms with van der Waals surface area (Å²) in [5.41, 5.74) is 0. The summed E-state index contributed by atoms with van der Waals surface area (Å²) in [5, 5.41) is 9.56. The number of allylic oxidation sites excluding steroid dienone is 12. The van der Waals surface area contributed by atoms with Crippen molar-refractivity contribution in [2.45, 2.75) is 168 Å². The maximum atomic E-state index is 12.1. The molecular formula is C42H72O4. The molecule has 1 unspecified atom stereocenters. The van der Waals surface area contributed by atoms with E-state index in [2.05, 4.69) is 86.8 Å². The smallest absolute Gasteiger partial charge is 0.306 e. The third-order valence-corrected chi connectivity index (χ3v) is 7.77. The van der Waals surface area contributed by atoms with Crippen molar-refractivity contribution in [3.8, 4) is 0 Å².